The predicted octanol–water partition coefficient (Wildman–Crippen LogP) is 3.44. The van der Waals surface area contributed by atoms with E-state index in [1.165, 1.54) is 6.21 Å². The zero-order valence-corrected chi connectivity index (χ0v) is 14.9. The Hall–Kier alpha value is -1.73. The van der Waals surface area contributed by atoms with Crippen LogP contribution >= 0.6 is 31.9 Å². The molecule has 5 nitrogen and oxygen atoms in total. The second-order valence-electron chi connectivity index (χ2n) is 4.42. The number of carbonyl (C=O) groups excluding carboxylic acids is 1. The van der Waals surface area contributed by atoms with Crippen LogP contribution in [0.15, 0.2) is 50.7 Å². The number of nitrogens with zero attached hydrogens (tertiary/aromatic N) is 2. The van der Waals surface area contributed by atoms with E-state index in [1.54, 1.807) is 24.5 Å². The van der Waals surface area contributed by atoms with Gasteiger partial charge in [0.2, 0.25) is 0 Å². The zero-order valence-electron chi connectivity index (χ0n) is 11.7. The van der Waals surface area contributed by atoms with Gasteiger partial charge in [-0.1, -0.05) is 0 Å². The molecule has 0 saturated heterocycles. The van der Waals surface area contributed by atoms with Crippen molar-refractivity contribution in [3.8, 4) is 5.75 Å². The van der Waals surface area contributed by atoms with Gasteiger partial charge in [0.05, 0.1) is 15.2 Å². The van der Waals surface area contributed by atoms with Gasteiger partial charge in [-0.25, -0.2) is 5.43 Å². The molecule has 114 valence electrons. The van der Waals surface area contributed by atoms with Crippen molar-refractivity contribution in [2.24, 2.45) is 5.10 Å². The molecule has 22 heavy (non-hydrogen) atoms. The van der Waals surface area contributed by atoms with E-state index in [0.717, 1.165) is 20.1 Å². The third-order valence-electron chi connectivity index (χ3n) is 2.60. The predicted molar refractivity (Wildman–Crippen MR) is 92.0 cm³/mol. The molecule has 7 heteroatoms. The number of amides is 1. The van der Waals surface area contributed by atoms with Gasteiger partial charge in [0.25, 0.3) is 5.91 Å². The molecule has 1 N–H and O–H groups in total. The van der Waals surface area contributed by atoms with Crippen LogP contribution in [0.1, 0.15) is 11.1 Å². The monoisotopic (exact) mass is 425 g/mol. The van der Waals surface area contributed by atoms with Crippen LogP contribution in [0.25, 0.3) is 0 Å². The highest BCUT2D eigenvalue weighted by molar-refractivity contribution is 9.11. The van der Waals surface area contributed by atoms with Gasteiger partial charge in [0, 0.05) is 12.4 Å². The molecule has 1 aromatic heterocycles. The number of halogens is 2. The van der Waals surface area contributed by atoms with E-state index in [1.807, 2.05) is 19.1 Å². The van der Waals surface area contributed by atoms with Crippen LogP contribution in [0.2, 0.25) is 0 Å². The average Bonchev–Trinajstić information content (AvgIpc) is 2.47. The standard InChI is InChI=1S/C15H13Br2N3O2/c1-10-6-12(16)15(13(17)7-10)22-9-14(21)20-19-8-11-2-4-18-5-3-11/h2-8H,9H2,1H3,(H,20,21)/b19-8+. The van der Waals surface area contributed by atoms with Crippen LogP contribution in [0.4, 0.5) is 0 Å². The van der Waals surface area contributed by atoms with Crippen molar-refractivity contribution in [2.75, 3.05) is 6.61 Å². The minimum absolute atomic E-state index is 0.131. The summed E-state index contributed by atoms with van der Waals surface area (Å²) < 4.78 is 7.07. The molecule has 1 heterocycles. The van der Waals surface area contributed by atoms with Crippen LogP contribution in [-0.4, -0.2) is 23.7 Å². The van der Waals surface area contributed by atoms with E-state index < -0.39 is 0 Å². The number of nitrogens with one attached hydrogen (secondary N) is 1. The summed E-state index contributed by atoms with van der Waals surface area (Å²) in [5, 5.41) is 3.86. The van der Waals surface area contributed by atoms with Gasteiger partial charge in [0.1, 0.15) is 5.75 Å². The summed E-state index contributed by atoms with van der Waals surface area (Å²) in [4.78, 5) is 15.6. The van der Waals surface area contributed by atoms with Crippen molar-refractivity contribution in [1.29, 1.82) is 0 Å². The summed E-state index contributed by atoms with van der Waals surface area (Å²) in [5.74, 6) is 0.239. The fourth-order valence-corrected chi connectivity index (χ4v) is 3.27. The first-order valence-corrected chi connectivity index (χ1v) is 7.95. The van der Waals surface area contributed by atoms with Crippen LogP contribution < -0.4 is 10.2 Å². The average molecular weight is 427 g/mol. The topological polar surface area (TPSA) is 63.6 Å². The molecule has 0 aliphatic heterocycles. The number of hydrogen-bond donors (Lipinski definition) is 1. The van der Waals surface area contributed by atoms with Crippen LogP contribution in [0.3, 0.4) is 0 Å². The first kappa shape index (κ1) is 16.6. The Labute approximate surface area is 145 Å². The Morgan fingerprint density at radius 1 is 1.32 bits per heavy atom. The SMILES string of the molecule is Cc1cc(Br)c(OCC(=O)N/N=C/c2ccncc2)c(Br)c1. The van der Waals surface area contributed by atoms with Gasteiger partial charge in [0.15, 0.2) is 6.61 Å². The molecular formula is C15H13Br2N3O2. The molecule has 2 aromatic rings. The molecule has 0 fully saturated rings. The van der Waals surface area contributed by atoms with Gasteiger partial charge < -0.3 is 4.74 Å². The van der Waals surface area contributed by atoms with E-state index in [-0.39, 0.29) is 12.5 Å². The molecule has 0 unspecified atom stereocenters. The number of rotatable bonds is 5. The Morgan fingerprint density at radius 2 is 1.95 bits per heavy atom. The molecular weight excluding hydrogens is 414 g/mol. The highest BCUT2D eigenvalue weighted by Crippen LogP contribution is 2.34. The molecule has 0 spiro atoms. The summed E-state index contributed by atoms with van der Waals surface area (Å²) in [6, 6.07) is 7.40. The summed E-state index contributed by atoms with van der Waals surface area (Å²) >= 11 is 6.82. The van der Waals surface area contributed by atoms with Crippen molar-refractivity contribution in [3.05, 3.63) is 56.7 Å². The number of aryl methyl sites for hydroxylation is 1. The van der Waals surface area contributed by atoms with Gasteiger partial charge in [-0.3, -0.25) is 9.78 Å². The highest BCUT2D eigenvalue weighted by atomic mass is 79.9. The number of aromatic nitrogens is 1. The van der Waals surface area contributed by atoms with Crippen molar-refractivity contribution in [1.82, 2.24) is 10.4 Å². The lowest BCUT2D eigenvalue weighted by Crippen LogP contribution is -2.24. The number of hydrazone groups is 1. The van der Waals surface area contributed by atoms with Crippen molar-refractivity contribution < 1.29 is 9.53 Å². The quantitative estimate of drug-likeness (QED) is 0.588. The fourth-order valence-electron chi connectivity index (χ4n) is 1.62. The molecule has 0 atom stereocenters. The first-order chi connectivity index (χ1) is 10.6. The summed E-state index contributed by atoms with van der Waals surface area (Å²) in [6.45, 7) is 1.84. The lowest BCUT2D eigenvalue weighted by atomic mass is 10.2. The number of hydrogen-bond acceptors (Lipinski definition) is 4. The lowest BCUT2D eigenvalue weighted by molar-refractivity contribution is -0.123. The number of pyridine rings is 1. The molecule has 1 aromatic carbocycles. The van der Waals surface area contributed by atoms with Crippen molar-refractivity contribution >= 4 is 44.0 Å². The summed E-state index contributed by atoms with van der Waals surface area (Å²) in [7, 11) is 0. The molecule has 2 rings (SSSR count). The van der Waals surface area contributed by atoms with Gasteiger partial charge in [-0.15, -0.1) is 0 Å². The molecule has 0 radical (unpaired) electrons. The van der Waals surface area contributed by atoms with E-state index in [0.29, 0.717) is 5.75 Å². The van der Waals surface area contributed by atoms with E-state index >= 15 is 0 Å². The first-order valence-electron chi connectivity index (χ1n) is 6.36. The molecule has 0 aliphatic carbocycles. The molecule has 0 aliphatic rings. The Morgan fingerprint density at radius 3 is 2.59 bits per heavy atom. The lowest BCUT2D eigenvalue weighted by Gasteiger charge is -2.10. The second-order valence-corrected chi connectivity index (χ2v) is 6.13. The van der Waals surface area contributed by atoms with Crippen LogP contribution in [-0.2, 0) is 4.79 Å². The van der Waals surface area contributed by atoms with Crippen LogP contribution in [0.5, 0.6) is 5.75 Å². The number of carbonyl (C=O) groups is 1. The van der Waals surface area contributed by atoms with Gasteiger partial charge in [-0.05, 0) is 74.2 Å². The Balaban J connectivity index is 1.87. The van der Waals surface area contributed by atoms with Gasteiger partial charge in [-0.2, -0.15) is 5.10 Å². The van der Waals surface area contributed by atoms with Gasteiger partial charge >= 0.3 is 0 Å². The Kier molecular flexibility index (Phi) is 6.09. The maximum Gasteiger partial charge on any atom is 0.277 e. The summed E-state index contributed by atoms with van der Waals surface area (Å²) in [5.41, 5.74) is 4.33. The number of ether oxygens (including phenoxy) is 1. The zero-order chi connectivity index (χ0) is 15.9. The summed E-state index contributed by atoms with van der Waals surface area (Å²) in [6.07, 6.45) is 4.84. The molecule has 0 bridgehead atoms. The minimum atomic E-state index is -0.343. The third kappa shape index (κ3) is 4.92. The minimum Gasteiger partial charge on any atom is -0.481 e. The van der Waals surface area contributed by atoms with Crippen LogP contribution in [0, 0.1) is 6.92 Å². The van der Waals surface area contributed by atoms with E-state index in [9.17, 15) is 4.79 Å². The van der Waals surface area contributed by atoms with E-state index in [4.69, 9.17) is 4.74 Å². The van der Waals surface area contributed by atoms with Crippen molar-refractivity contribution in [3.63, 3.8) is 0 Å². The largest absolute Gasteiger partial charge is 0.481 e. The highest BCUT2D eigenvalue weighted by Gasteiger charge is 2.09. The fraction of sp³-hybridized carbons (Fsp3) is 0.133. The number of benzene rings is 1. The maximum atomic E-state index is 11.7. The molecule has 1 amide bonds. The molecule has 0 saturated carbocycles. The maximum absolute atomic E-state index is 11.7. The Bertz CT molecular complexity index is 667. The smallest absolute Gasteiger partial charge is 0.277 e. The van der Waals surface area contributed by atoms with E-state index in [2.05, 4.69) is 47.4 Å². The normalized spacial score (nSPS) is 10.7. The van der Waals surface area contributed by atoms with Crippen molar-refractivity contribution in [2.45, 2.75) is 6.92 Å². The second kappa shape index (κ2) is 8.05. The third-order valence-corrected chi connectivity index (χ3v) is 3.78.